The lowest BCUT2D eigenvalue weighted by atomic mass is 10.2. The van der Waals surface area contributed by atoms with Crippen molar-refractivity contribution in [3.8, 4) is 5.75 Å². The summed E-state index contributed by atoms with van der Waals surface area (Å²) in [4.78, 5) is 22.0. The van der Waals surface area contributed by atoms with Crippen LogP contribution in [0.5, 0.6) is 5.75 Å². The monoisotopic (exact) mass is 251 g/mol. The summed E-state index contributed by atoms with van der Waals surface area (Å²) in [5.74, 6) is 0.297. The molecule has 1 unspecified atom stereocenters. The van der Waals surface area contributed by atoms with E-state index < -0.39 is 18.0 Å². The number of hydrogen-bond acceptors (Lipinski definition) is 4. The van der Waals surface area contributed by atoms with E-state index in [1.54, 1.807) is 26.2 Å². The van der Waals surface area contributed by atoms with Gasteiger partial charge < -0.3 is 15.8 Å². The van der Waals surface area contributed by atoms with Crippen LogP contribution in [0.3, 0.4) is 0 Å². The van der Waals surface area contributed by atoms with E-state index in [9.17, 15) is 9.59 Å². The van der Waals surface area contributed by atoms with Gasteiger partial charge in [-0.3, -0.25) is 10.1 Å². The molecule has 0 fully saturated rings. The van der Waals surface area contributed by atoms with Crippen LogP contribution in [0.15, 0.2) is 18.2 Å². The second-order valence-corrected chi connectivity index (χ2v) is 3.90. The second-order valence-electron chi connectivity index (χ2n) is 3.90. The molecule has 6 nitrogen and oxygen atoms in total. The Bertz CT molecular complexity index is 460. The minimum absolute atomic E-state index is 0.476. The minimum Gasteiger partial charge on any atom is -0.496 e. The van der Waals surface area contributed by atoms with Crippen molar-refractivity contribution in [2.75, 3.05) is 12.4 Å². The zero-order valence-corrected chi connectivity index (χ0v) is 10.6. The predicted octanol–water partition coefficient (Wildman–Crippen LogP) is 0.999. The highest BCUT2D eigenvalue weighted by Gasteiger charge is 2.14. The summed E-state index contributed by atoms with van der Waals surface area (Å²) < 4.78 is 5.14. The summed E-state index contributed by atoms with van der Waals surface area (Å²) in [6.45, 7) is 3.54. The number of nitrogens with two attached hydrogens (primary N) is 1. The number of carbonyl (C=O) groups excluding carboxylic acids is 2. The van der Waals surface area contributed by atoms with Crippen molar-refractivity contribution in [2.45, 2.75) is 19.9 Å². The first-order chi connectivity index (χ1) is 8.43. The van der Waals surface area contributed by atoms with Gasteiger partial charge in [-0.1, -0.05) is 0 Å². The Balaban J connectivity index is 2.70. The lowest BCUT2D eigenvalue weighted by Gasteiger charge is -2.15. The molecule has 4 N–H and O–H groups in total. The molecule has 0 saturated carbocycles. The van der Waals surface area contributed by atoms with Crippen LogP contribution in [0.1, 0.15) is 12.5 Å². The van der Waals surface area contributed by atoms with E-state index in [-0.39, 0.29) is 0 Å². The number of rotatable bonds is 4. The summed E-state index contributed by atoms with van der Waals surface area (Å²) in [6.07, 6.45) is 0. The SMILES string of the molecule is COc1ccc(NC(C)C(=O)NC(N)=O)cc1C. The van der Waals surface area contributed by atoms with Gasteiger partial charge in [-0.15, -0.1) is 0 Å². The van der Waals surface area contributed by atoms with Crippen molar-refractivity contribution in [2.24, 2.45) is 5.73 Å². The van der Waals surface area contributed by atoms with Gasteiger partial charge in [0.15, 0.2) is 0 Å². The number of carbonyl (C=O) groups is 2. The van der Waals surface area contributed by atoms with Crippen LogP contribution in [0.4, 0.5) is 10.5 Å². The van der Waals surface area contributed by atoms with Crippen LogP contribution in [-0.2, 0) is 4.79 Å². The third kappa shape index (κ3) is 3.65. The normalized spacial score (nSPS) is 11.5. The van der Waals surface area contributed by atoms with E-state index in [2.05, 4.69) is 5.32 Å². The van der Waals surface area contributed by atoms with Gasteiger partial charge in [-0.2, -0.15) is 0 Å². The molecule has 1 aromatic carbocycles. The Labute approximate surface area is 105 Å². The zero-order valence-electron chi connectivity index (χ0n) is 10.6. The fraction of sp³-hybridized carbons (Fsp3) is 0.333. The Morgan fingerprint density at radius 3 is 2.56 bits per heavy atom. The van der Waals surface area contributed by atoms with Gasteiger partial charge in [-0.05, 0) is 37.6 Å². The fourth-order valence-corrected chi connectivity index (χ4v) is 1.51. The highest BCUT2D eigenvalue weighted by Crippen LogP contribution is 2.21. The van der Waals surface area contributed by atoms with Gasteiger partial charge in [0.2, 0.25) is 5.91 Å². The average Bonchev–Trinajstić information content (AvgIpc) is 2.28. The lowest BCUT2D eigenvalue weighted by molar-refractivity contribution is -0.120. The largest absolute Gasteiger partial charge is 0.496 e. The van der Waals surface area contributed by atoms with Gasteiger partial charge in [0.1, 0.15) is 11.8 Å². The first-order valence-electron chi connectivity index (χ1n) is 5.45. The predicted molar refractivity (Wildman–Crippen MR) is 68.5 cm³/mol. The van der Waals surface area contributed by atoms with E-state index in [4.69, 9.17) is 10.5 Å². The van der Waals surface area contributed by atoms with Crippen molar-refractivity contribution < 1.29 is 14.3 Å². The van der Waals surface area contributed by atoms with E-state index in [0.29, 0.717) is 0 Å². The first kappa shape index (κ1) is 13.8. The second kappa shape index (κ2) is 5.90. The zero-order chi connectivity index (χ0) is 13.7. The maximum absolute atomic E-state index is 11.5. The number of anilines is 1. The molecule has 0 aliphatic heterocycles. The Morgan fingerprint density at radius 1 is 1.39 bits per heavy atom. The number of benzene rings is 1. The molecule has 98 valence electrons. The molecule has 0 aliphatic rings. The smallest absolute Gasteiger partial charge is 0.318 e. The number of hydrogen-bond donors (Lipinski definition) is 3. The molecule has 0 aliphatic carbocycles. The minimum atomic E-state index is -0.862. The third-order valence-electron chi connectivity index (χ3n) is 2.42. The van der Waals surface area contributed by atoms with Crippen LogP contribution in [0, 0.1) is 6.92 Å². The molecule has 0 heterocycles. The van der Waals surface area contributed by atoms with Gasteiger partial charge in [0, 0.05) is 5.69 Å². The van der Waals surface area contributed by atoms with Crippen LogP contribution < -0.4 is 21.1 Å². The number of imide groups is 1. The molecule has 6 heteroatoms. The molecule has 0 bridgehead atoms. The molecule has 1 rings (SSSR count). The molecule has 3 amide bonds. The number of urea groups is 1. The molecule has 1 atom stereocenters. The Morgan fingerprint density at radius 2 is 2.06 bits per heavy atom. The van der Waals surface area contributed by atoms with E-state index in [1.807, 2.05) is 18.3 Å². The maximum atomic E-state index is 11.5. The van der Waals surface area contributed by atoms with Crippen LogP contribution in [0.2, 0.25) is 0 Å². The highest BCUT2D eigenvalue weighted by molar-refractivity contribution is 5.97. The van der Waals surface area contributed by atoms with Crippen molar-refractivity contribution in [1.29, 1.82) is 0 Å². The summed E-state index contributed by atoms with van der Waals surface area (Å²) in [6, 6.07) is 4.02. The third-order valence-corrected chi connectivity index (χ3v) is 2.42. The van der Waals surface area contributed by atoms with Gasteiger partial charge >= 0.3 is 6.03 Å². The number of methoxy groups -OCH3 is 1. The summed E-state index contributed by atoms with van der Waals surface area (Å²) >= 11 is 0. The number of amides is 3. The molecule has 18 heavy (non-hydrogen) atoms. The van der Waals surface area contributed by atoms with E-state index in [1.165, 1.54) is 0 Å². The number of aryl methyl sites for hydroxylation is 1. The quantitative estimate of drug-likeness (QED) is 0.744. The van der Waals surface area contributed by atoms with Crippen molar-refractivity contribution in [1.82, 2.24) is 5.32 Å². The topological polar surface area (TPSA) is 93.4 Å². The average molecular weight is 251 g/mol. The molecule has 1 aromatic rings. The molecule has 0 radical (unpaired) electrons. The molecule has 0 saturated heterocycles. The molecule has 0 spiro atoms. The first-order valence-corrected chi connectivity index (χ1v) is 5.45. The summed E-state index contributed by atoms with van der Waals surface area (Å²) in [7, 11) is 1.60. The lowest BCUT2D eigenvalue weighted by Crippen LogP contribution is -2.43. The van der Waals surface area contributed by atoms with Gasteiger partial charge in [0.05, 0.1) is 7.11 Å². The van der Waals surface area contributed by atoms with Crippen molar-refractivity contribution >= 4 is 17.6 Å². The number of ether oxygens (including phenoxy) is 1. The van der Waals surface area contributed by atoms with Crippen LogP contribution >= 0.6 is 0 Å². The maximum Gasteiger partial charge on any atom is 0.318 e. The van der Waals surface area contributed by atoms with Gasteiger partial charge in [0.25, 0.3) is 0 Å². The highest BCUT2D eigenvalue weighted by atomic mass is 16.5. The number of primary amides is 1. The number of nitrogens with one attached hydrogen (secondary N) is 2. The van der Waals surface area contributed by atoms with E-state index in [0.717, 1.165) is 17.0 Å². The molecule has 0 aromatic heterocycles. The molecular formula is C12H17N3O3. The van der Waals surface area contributed by atoms with Gasteiger partial charge in [-0.25, -0.2) is 4.79 Å². The Hall–Kier alpha value is -2.24. The van der Waals surface area contributed by atoms with Crippen LogP contribution in [-0.4, -0.2) is 25.1 Å². The molecular weight excluding hydrogens is 234 g/mol. The summed E-state index contributed by atoms with van der Waals surface area (Å²) in [5.41, 5.74) is 6.58. The van der Waals surface area contributed by atoms with Crippen molar-refractivity contribution in [3.05, 3.63) is 23.8 Å². The van der Waals surface area contributed by atoms with Crippen LogP contribution in [0.25, 0.3) is 0 Å². The Kier molecular flexibility index (Phi) is 4.53. The fourth-order valence-electron chi connectivity index (χ4n) is 1.51. The van der Waals surface area contributed by atoms with E-state index >= 15 is 0 Å². The summed E-state index contributed by atoms with van der Waals surface area (Å²) in [5, 5.41) is 4.98. The standard InChI is InChI=1S/C12H17N3O3/c1-7-6-9(4-5-10(7)18-3)14-8(2)11(16)15-12(13)17/h4-6,8,14H,1-3H3,(H3,13,15,16,17). The van der Waals surface area contributed by atoms with Crippen molar-refractivity contribution in [3.63, 3.8) is 0 Å².